The molecule has 1 aromatic heterocycles. The zero-order valence-corrected chi connectivity index (χ0v) is 15.7. The van der Waals surface area contributed by atoms with Gasteiger partial charge in [0, 0.05) is 19.0 Å². The van der Waals surface area contributed by atoms with Crippen LogP contribution in [0.25, 0.3) is 10.2 Å². The van der Waals surface area contributed by atoms with Crippen molar-refractivity contribution in [2.45, 2.75) is 25.7 Å². The van der Waals surface area contributed by atoms with Gasteiger partial charge in [-0.05, 0) is 44.0 Å². The minimum Gasteiger partial charge on any atom is -0.484 e. The number of aromatic nitrogens is 1. The van der Waals surface area contributed by atoms with Gasteiger partial charge in [-0.1, -0.05) is 29.8 Å². The average molecular weight is 366 g/mol. The van der Waals surface area contributed by atoms with E-state index >= 15 is 0 Å². The quantitative estimate of drug-likeness (QED) is 0.688. The van der Waals surface area contributed by atoms with Crippen molar-refractivity contribution in [2.75, 3.05) is 19.7 Å². The van der Waals surface area contributed by atoms with Crippen LogP contribution < -0.4 is 4.74 Å². The molecule has 26 heavy (non-hydrogen) atoms. The minimum absolute atomic E-state index is 0.0522. The number of nitrogens with zero attached hydrogens (tertiary/aromatic N) is 2. The van der Waals surface area contributed by atoms with E-state index in [4.69, 9.17) is 9.72 Å². The molecule has 4 rings (SSSR count). The molecule has 3 aromatic rings. The Morgan fingerprint density at radius 2 is 2.04 bits per heavy atom. The SMILES string of the molecule is Cc1ccc(OCC(=O)N2CCCC(c3nc4ccccc4s3)C2)cc1. The zero-order chi connectivity index (χ0) is 17.9. The number of carbonyl (C=O) groups excluding carboxylic acids is 1. The van der Waals surface area contributed by atoms with Crippen LogP contribution in [0.3, 0.4) is 0 Å². The molecule has 1 amide bonds. The van der Waals surface area contributed by atoms with Gasteiger partial charge in [0.15, 0.2) is 6.61 Å². The van der Waals surface area contributed by atoms with E-state index in [-0.39, 0.29) is 12.5 Å². The third-order valence-corrected chi connectivity index (χ3v) is 6.02. The predicted molar refractivity (Wildman–Crippen MR) is 105 cm³/mol. The summed E-state index contributed by atoms with van der Waals surface area (Å²) in [6, 6.07) is 16.0. The summed E-state index contributed by atoms with van der Waals surface area (Å²) < 4.78 is 6.88. The van der Waals surface area contributed by atoms with E-state index in [1.165, 1.54) is 10.3 Å². The third kappa shape index (κ3) is 3.73. The van der Waals surface area contributed by atoms with Crippen LogP contribution >= 0.6 is 11.3 Å². The van der Waals surface area contributed by atoms with Gasteiger partial charge in [0.05, 0.1) is 15.2 Å². The number of carbonyl (C=O) groups is 1. The Kier molecular flexibility index (Phi) is 4.89. The van der Waals surface area contributed by atoms with Crippen molar-refractivity contribution in [3.8, 4) is 5.75 Å². The molecule has 0 spiro atoms. The average Bonchev–Trinajstić information content (AvgIpc) is 3.12. The summed E-state index contributed by atoms with van der Waals surface area (Å²) in [6.45, 7) is 3.66. The van der Waals surface area contributed by atoms with Crippen molar-refractivity contribution in [1.82, 2.24) is 9.88 Å². The lowest BCUT2D eigenvalue weighted by Gasteiger charge is -2.31. The van der Waals surface area contributed by atoms with Crippen molar-refractivity contribution >= 4 is 27.5 Å². The summed E-state index contributed by atoms with van der Waals surface area (Å²) >= 11 is 1.75. The molecule has 1 unspecified atom stereocenters. The number of para-hydroxylation sites is 1. The lowest BCUT2D eigenvalue weighted by atomic mass is 9.99. The molecule has 0 radical (unpaired) electrons. The second kappa shape index (κ2) is 7.46. The first-order chi connectivity index (χ1) is 12.7. The maximum absolute atomic E-state index is 12.6. The van der Waals surface area contributed by atoms with Crippen LogP contribution in [0.4, 0.5) is 0 Å². The first-order valence-corrected chi connectivity index (χ1v) is 9.83. The molecule has 0 aliphatic carbocycles. The Balaban J connectivity index is 1.39. The molecule has 1 aliphatic heterocycles. The molecule has 1 saturated heterocycles. The third-order valence-electron chi connectivity index (χ3n) is 4.82. The number of thiazole rings is 1. The number of amides is 1. The Bertz CT molecular complexity index is 871. The monoisotopic (exact) mass is 366 g/mol. The first-order valence-electron chi connectivity index (χ1n) is 9.02. The number of likely N-dealkylation sites (tertiary alicyclic amines) is 1. The summed E-state index contributed by atoms with van der Waals surface area (Å²) in [5.41, 5.74) is 2.23. The van der Waals surface area contributed by atoms with E-state index < -0.39 is 0 Å². The fraction of sp³-hybridized carbons (Fsp3) is 0.333. The Labute approximate surface area is 157 Å². The predicted octanol–water partition coefficient (Wildman–Crippen LogP) is 4.39. The summed E-state index contributed by atoms with van der Waals surface area (Å²) in [4.78, 5) is 19.3. The second-order valence-electron chi connectivity index (χ2n) is 6.80. The van der Waals surface area contributed by atoms with Crippen molar-refractivity contribution in [3.05, 3.63) is 59.1 Å². The van der Waals surface area contributed by atoms with Crippen molar-refractivity contribution in [3.63, 3.8) is 0 Å². The van der Waals surface area contributed by atoms with Crippen molar-refractivity contribution in [1.29, 1.82) is 0 Å². The number of ether oxygens (including phenoxy) is 1. The van der Waals surface area contributed by atoms with Gasteiger partial charge < -0.3 is 9.64 Å². The molecular formula is C21H22N2O2S. The van der Waals surface area contributed by atoms with Crippen LogP contribution in [0.1, 0.15) is 29.3 Å². The van der Waals surface area contributed by atoms with Gasteiger partial charge in [-0.15, -0.1) is 11.3 Å². The molecule has 4 nitrogen and oxygen atoms in total. The highest BCUT2D eigenvalue weighted by Gasteiger charge is 2.27. The van der Waals surface area contributed by atoms with Crippen LogP contribution in [-0.4, -0.2) is 35.5 Å². The molecule has 5 heteroatoms. The molecule has 1 atom stereocenters. The zero-order valence-electron chi connectivity index (χ0n) is 14.9. The van der Waals surface area contributed by atoms with Gasteiger partial charge in [0.25, 0.3) is 5.91 Å². The maximum Gasteiger partial charge on any atom is 0.260 e. The van der Waals surface area contributed by atoms with E-state index in [1.54, 1.807) is 11.3 Å². The summed E-state index contributed by atoms with van der Waals surface area (Å²) in [5.74, 6) is 1.12. The van der Waals surface area contributed by atoms with Crippen LogP contribution in [0, 0.1) is 6.92 Å². The number of aryl methyl sites for hydroxylation is 1. The lowest BCUT2D eigenvalue weighted by Crippen LogP contribution is -2.41. The summed E-state index contributed by atoms with van der Waals surface area (Å²) in [5, 5.41) is 1.14. The normalized spacial score (nSPS) is 17.4. The number of fused-ring (bicyclic) bond motifs is 1. The van der Waals surface area contributed by atoms with Gasteiger partial charge >= 0.3 is 0 Å². The van der Waals surface area contributed by atoms with Gasteiger partial charge in [-0.25, -0.2) is 4.98 Å². The lowest BCUT2D eigenvalue weighted by molar-refractivity contribution is -0.134. The molecule has 1 fully saturated rings. The highest BCUT2D eigenvalue weighted by molar-refractivity contribution is 7.18. The van der Waals surface area contributed by atoms with Crippen LogP contribution in [0.5, 0.6) is 5.75 Å². The summed E-state index contributed by atoms with van der Waals surface area (Å²) in [7, 11) is 0. The highest BCUT2D eigenvalue weighted by atomic mass is 32.1. The van der Waals surface area contributed by atoms with Crippen molar-refractivity contribution < 1.29 is 9.53 Å². The smallest absolute Gasteiger partial charge is 0.260 e. The minimum atomic E-state index is 0.0522. The van der Waals surface area contributed by atoms with E-state index in [0.717, 1.165) is 42.2 Å². The Morgan fingerprint density at radius 1 is 1.23 bits per heavy atom. The van der Waals surface area contributed by atoms with Crippen LogP contribution in [-0.2, 0) is 4.79 Å². The standard InChI is InChI=1S/C21H22N2O2S/c1-15-8-10-17(11-9-15)25-14-20(24)23-12-4-5-16(13-23)21-22-18-6-2-3-7-19(18)26-21/h2-3,6-11,16H,4-5,12-14H2,1H3. The second-order valence-corrected chi connectivity index (χ2v) is 7.86. The van der Waals surface area contributed by atoms with Gasteiger partial charge in [-0.3, -0.25) is 4.79 Å². The van der Waals surface area contributed by atoms with E-state index in [9.17, 15) is 4.79 Å². The number of hydrogen-bond acceptors (Lipinski definition) is 4. The molecule has 2 heterocycles. The fourth-order valence-corrected chi connectivity index (χ4v) is 4.43. The summed E-state index contributed by atoms with van der Waals surface area (Å²) in [6.07, 6.45) is 2.10. The molecule has 0 saturated carbocycles. The van der Waals surface area contributed by atoms with Crippen LogP contribution in [0.2, 0.25) is 0 Å². The van der Waals surface area contributed by atoms with E-state index in [1.807, 2.05) is 48.2 Å². The first kappa shape index (κ1) is 17.0. The molecule has 1 aliphatic rings. The Morgan fingerprint density at radius 3 is 2.85 bits per heavy atom. The fourth-order valence-electron chi connectivity index (χ4n) is 3.34. The topological polar surface area (TPSA) is 42.4 Å². The number of piperidine rings is 1. The van der Waals surface area contributed by atoms with Gasteiger partial charge in [0.2, 0.25) is 0 Å². The maximum atomic E-state index is 12.6. The molecule has 0 bridgehead atoms. The van der Waals surface area contributed by atoms with Gasteiger partial charge in [-0.2, -0.15) is 0 Å². The largest absolute Gasteiger partial charge is 0.484 e. The van der Waals surface area contributed by atoms with Crippen LogP contribution in [0.15, 0.2) is 48.5 Å². The van der Waals surface area contributed by atoms with E-state index in [2.05, 4.69) is 12.1 Å². The Hall–Kier alpha value is -2.40. The number of benzene rings is 2. The molecule has 2 aromatic carbocycles. The molecular weight excluding hydrogens is 344 g/mol. The molecule has 0 N–H and O–H groups in total. The number of hydrogen-bond donors (Lipinski definition) is 0. The van der Waals surface area contributed by atoms with Gasteiger partial charge in [0.1, 0.15) is 5.75 Å². The number of rotatable bonds is 4. The molecule has 134 valence electrons. The van der Waals surface area contributed by atoms with E-state index in [0.29, 0.717) is 5.92 Å². The highest BCUT2D eigenvalue weighted by Crippen LogP contribution is 2.33. The van der Waals surface area contributed by atoms with Crippen molar-refractivity contribution in [2.24, 2.45) is 0 Å².